The Morgan fingerprint density at radius 1 is 0.755 bits per heavy atom. The zero-order valence-corrected chi connectivity index (χ0v) is 32.5. The van der Waals surface area contributed by atoms with Gasteiger partial charge in [-0.15, -0.1) is 0 Å². The molecule has 0 radical (unpaired) electrons. The van der Waals surface area contributed by atoms with Crippen molar-refractivity contribution in [2.24, 2.45) is 9.98 Å². The van der Waals surface area contributed by atoms with Gasteiger partial charge in [-0.25, -0.2) is 4.79 Å². The predicted octanol–water partition coefficient (Wildman–Crippen LogP) is 11.3. The molecule has 1 aliphatic carbocycles. The Kier molecular flexibility index (Phi) is 19.0. The van der Waals surface area contributed by atoms with Crippen LogP contribution in [0.15, 0.2) is 34.3 Å². The van der Waals surface area contributed by atoms with Crippen LogP contribution in [0.4, 0.5) is 4.79 Å². The van der Waals surface area contributed by atoms with Gasteiger partial charge in [0.15, 0.2) is 0 Å². The fourth-order valence-electron chi connectivity index (χ4n) is 6.35. The van der Waals surface area contributed by atoms with Crippen LogP contribution >= 0.6 is 0 Å². The number of unbranched alkanes of at least 4 members (excludes halogenated alkanes) is 2. The van der Waals surface area contributed by atoms with E-state index >= 15 is 0 Å². The van der Waals surface area contributed by atoms with Gasteiger partial charge in [-0.05, 0) is 77.7 Å². The molecule has 2 aromatic rings. The normalized spacial score (nSPS) is 16.9. The third-order valence-corrected chi connectivity index (χ3v) is 9.51. The number of benzene rings is 2. The Bertz CT molecular complexity index is 1380. The van der Waals surface area contributed by atoms with Crippen LogP contribution in [0.2, 0.25) is 0 Å². The number of carboxylic acid groups (broad SMARTS) is 2. The molecule has 0 saturated heterocycles. The van der Waals surface area contributed by atoms with Gasteiger partial charge < -0.3 is 20.4 Å². The van der Waals surface area contributed by atoms with Gasteiger partial charge >= 0.3 is 6.16 Å². The van der Waals surface area contributed by atoms with Crippen molar-refractivity contribution < 1.29 is 42.6 Å². The summed E-state index contributed by atoms with van der Waals surface area (Å²) in [6, 6.07) is 8.72. The van der Waals surface area contributed by atoms with Crippen molar-refractivity contribution in [3.05, 3.63) is 57.6 Å². The summed E-state index contributed by atoms with van der Waals surface area (Å²) in [7, 11) is 0. The molecule has 0 aliphatic heterocycles. The zero-order chi connectivity index (χ0) is 35.6. The molecule has 8 heteroatoms. The summed E-state index contributed by atoms with van der Waals surface area (Å²) in [6.45, 7) is 22.0. The van der Waals surface area contributed by atoms with Crippen molar-refractivity contribution in [3.63, 3.8) is 0 Å². The van der Waals surface area contributed by atoms with E-state index in [1.54, 1.807) is 0 Å². The molecule has 0 amide bonds. The van der Waals surface area contributed by atoms with Gasteiger partial charge in [0, 0.05) is 46.5 Å². The molecule has 0 bridgehead atoms. The van der Waals surface area contributed by atoms with E-state index in [-0.39, 0.29) is 53.1 Å². The first-order valence-electron chi connectivity index (χ1n) is 17.5. The molecular formula is C41H66CrN2O5. The molecule has 1 fully saturated rings. The number of phenols is 2. The summed E-state index contributed by atoms with van der Waals surface area (Å²) in [5.74, 6) is 0.654. The van der Waals surface area contributed by atoms with Crippen molar-refractivity contribution in [1.82, 2.24) is 0 Å². The topological polar surface area (TPSA) is 123 Å². The molecule has 0 heterocycles. The number of nitrogens with zero attached hydrogens (tertiary/aromatic N) is 2. The van der Waals surface area contributed by atoms with Gasteiger partial charge in [0.2, 0.25) is 0 Å². The monoisotopic (exact) mass is 718 g/mol. The van der Waals surface area contributed by atoms with Gasteiger partial charge in [-0.2, -0.15) is 0 Å². The smallest absolute Gasteiger partial charge is 0.503 e. The van der Waals surface area contributed by atoms with E-state index < -0.39 is 6.16 Å². The van der Waals surface area contributed by atoms with Crippen molar-refractivity contribution in [2.45, 2.75) is 169 Å². The Hall–Kier alpha value is -2.82. The number of aryl methyl sites for hydroxylation is 1. The Morgan fingerprint density at radius 3 is 1.59 bits per heavy atom. The van der Waals surface area contributed by atoms with Crippen LogP contribution in [-0.4, -0.2) is 51.1 Å². The van der Waals surface area contributed by atoms with E-state index in [0.717, 1.165) is 60.8 Å². The Balaban J connectivity index is 0.00000363. The largest absolute Gasteiger partial charge is 0.507 e. The summed E-state index contributed by atoms with van der Waals surface area (Å²) < 4.78 is 0. The third-order valence-electron chi connectivity index (χ3n) is 9.51. The molecule has 7 nitrogen and oxygen atoms in total. The zero-order valence-electron chi connectivity index (χ0n) is 31.2. The van der Waals surface area contributed by atoms with E-state index in [2.05, 4.69) is 86.6 Å². The minimum atomic E-state index is -1.83. The SMILES string of the molecule is C.CCCCC(C)(CCCC)c1cc(C)c(O)c(C=NC2CCCCC2N=Cc2cc(C(C)(C)C)cc(C(C)(C)C)c2O)c1.O=C(O)O.[Cr]. The molecule has 1 aliphatic rings. The fourth-order valence-corrected chi connectivity index (χ4v) is 6.35. The van der Waals surface area contributed by atoms with Crippen LogP contribution in [0.25, 0.3) is 0 Å². The molecular weight excluding hydrogens is 652 g/mol. The summed E-state index contributed by atoms with van der Waals surface area (Å²) in [5.41, 5.74) is 5.86. The van der Waals surface area contributed by atoms with Crippen molar-refractivity contribution >= 4 is 18.6 Å². The van der Waals surface area contributed by atoms with E-state index in [1.807, 2.05) is 19.4 Å². The summed E-state index contributed by atoms with van der Waals surface area (Å²) in [6.07, 6.45) is 13.3. The van der Waals surface area contributed by atoms with Crippen molar-refractivity contribution in [3.8, 4) is 11.5 Å². The molecule has 4 N–H and O–H groups in total. The van der Waals surface area contributed by atoms with E-state index in [1.165, 1.54) is 36.8 Å². The van der Waals surface area contributed by atoms with Crippen molar-refractivity contribution in [2.75, 3.05) is 0 Å². The maximum atomic E-state index is 11.3. The fraction of sp³-hybridized carbons (Fsp3) is 0.634. The van der Waals surface area contributed by atoms with E-state index in [9.17, 15) is 10.2 Å². The summed E-state index contributed by atoms with van der Waals surface area (Å²) in [4.78, 5) is 18.7. The van der Waals surface area contributed by atoms with Gasteiger partial charge in [0.1, 0.15) is 11.5 Å². The maximum absolute atomic E-state index is 11.3. The summed E-state index contributed by atoms with van der Waals surface area (Å²) >= 11 is 0. The van der Waals surface area contributed by atoms with Gasteiger partial charge in [-0.1, -0.05) is 120 Å². The molecule has 2 unspecified atom stereocenters. The van der Waals surface area contributed by atoms with Crippen LogP contribution in [-0.2, 0) is 33.6 Å². The quantitative estimate of drug-likeness (QED) is 0.172. The van der Waals surface area contributed by atoms with Crippen molar-refractivity contribution in [1.29, 1.82) is 0 Å². The number of aliphatic imine (C=N–C) groups is 2. The molecule has 49 heavy (non-hydrogen) atoms. The first kappa shape index (κ1) is 46.2. The summed E-state index contributed by atoms with van der Waals surface area (Å²) in [5, 5.41) is 36.3. The second-order valence-electron chi connectivity index (χ2n) is 15.7. The van der Waals surface area contributed by atoms with E-state index in [4.69, 9.17) is 25.0 Å². The van der Waals surface area contributed by atoms with Crippen LogP contribution in [0, 0.1) is 6.92 Å². The van der Waals surface area contributed by atoms with Crippen LogP contribution < -0.4 is 0 Å². The predicted molar refractivity (Wildman–Crippen MR) is 203 cm³/mol. The van der Waals surface area contributed by atoms with E-state index in [0.29, 0.717) is 11.5 Å². The molecule has 1 saturated carbocycles. The molecule has 0 spiro atoms. The molecule has 0 aromatic heterocycles. The van der Waals surface area contributed by atoms with Gasteiger partial charge in [0.25, 0.3) is 0 Å². The standard InChI is InChI=1S/C39H60N2O2.CH2O3.CH4.Cr/c1-11-13-19-39(10,20-14-12-2)31-21-27(3)35(42)28(23-31)25-40-33-17-15-16-18-34(33)41-26-29-22-30(37(4,5)6)24-32(36(29)43)38(7,8)9;2-1(3)4;;/h21-26,33-34,42-43H,11-20H2,1-10H3;(H2,2,3,4);1H4;. The van der Waals surface area contributed by atoms with Gasteiger partial charge in [0.05, 0.1) is 12.1 Å². The van der Waals surface area contributed by atoms with Crippen LogP contribution in [0.5, 0.6) is 11.5 Å². The molecule has 2 aromatic carbocycles. The molecule has 276 valence electrons. The molecule has 3 rings (SSSR count). The Labute approximate surface area is 308 Å². The minimum Gasteiger partial charge on any atom is -0.507 e. The van der Waals surface area contributed by atoms with Crippen LogP contribution in [0.3, 0.4) is 0 Å². The number of aromatic hydroxyl groups is 2. The number of phenolic OH excluding ortho intramolecular Hbond substituents is 2. The second-order valence-corrected chi connectivity index (χ2v) is 15.7. The number of carbonyl (C=O) groups is 1. The first-order valence-corrected chi connectivity index (χ1v) is 17.5. The number of rotatable bonds is 11. The number of hydrogen-bond donors (Lipinski definition) is 4. The molecule has 2 atom stereocenters. The van der Waals surface area contributed by atoms with Crippen LogP contribution in [0.1, 0.15) is 167 Å². The Morgan fingerprint density at radius 2 is 1.18 bits per heavy atom. The average molecular weight is 719 g/mol. The first-order chi connectivity index (χ1) is 21.8. The maximum Gasteiger partial charge on any atom is 0.503 e. The third kappa shape index (κ3) is 13.8. The van der Waals surface area contributed by atoms with Gasteiger partial charge in [-0.3, -0.25) is 9.98 Å². The number of hydrogen-bond acceptors (Lipinski definition) is 5. The minimum absolute atomic E-state index is 0. The average Bonchev–Trinajstić information content (AvgIpc) is 2.98. The second kappa shape index (κ2) is 20.1.